The summed E-state index contributed by atoms with van der Waals surface area (Å²) in [6.07, 6.45) is 1.73. The molecule has 4 nitrogen and oxygen atoms in total. The van der Waals surface area contributed by atoms with Gasteiger partial charge in [0.1, 0.15) is 0 Å². The van der Waals surface area contributed by atoms with E-state index in [-0.39, 0.29) is 0 Å². The van der Waals surface area contributed by atoms with Crippen LogP contribution < -0.4 is 10.6 Å². The molecule has 0 radical (unpaired) electrons. The van der Waals surface area contributed by atoms with E-state index in [0.717, 1.165) is 30.4 Å². The number of pyridine rings is 1. The lowest BCUT2D eigenvalue weighted by Gasteiger charge is -2.28. The highest BCUT2D eigenvalue weighted by molar-refractivity contribution is 7.85. The highest BCUT2D eigenvalue weighted by Crippen LogP contribution is 2.20. The molecule has 0 amide bonds. The molecule has 1 aromatic rings. The van der Waals surface area contributed by atoms with Crippen LogP contribution in [0.2, 0.25) is 0 Å². The van der Waals surface area contributed by atoms with E-state index < -0.39 is 10.8 Å². The van der Waals surface area contributed by atoms with Crippen LogP contribution in [0.5, 0.6) is 0 Å². The molecule has 1 saturated heterocycles. The SMILES string of the molecule is Nc1cccnc1N1CCS(=O)CC1. The Bertz CT molecular complexity index is 346. The predicted octanol–water partition coefficient (Wildman–Crippen LogP) is 0.232. The highest BCUT2D eigenvalue weighted by Gasteiger charge is 2.17. The molecule has 2 rings (SSSR count). The molecule has 1 aromatic heterocycles. The van der Waals surface area contributed by atoms with Crippen molar-refractivity contribution < 1.29 is 4.21 Å². The Balaban J connectivity index is 2.16. The minimum absolute atomic E-state index is 0.652. The van der Waals surface area contributed by atoms with Crippen molar-refractivity contribution in [2.45, 2.75) is 0 Å². The molecule has 76 valence electrons. The molecule has 2 heterocycles. The van der Waals surface area contributed by atoms with Gasteiger partial charge in [0, 0.05) is 41.6 Å². The third-order valence-corrected chi connectivity index (χ3v) is 3.57. The summed E-state index contributed by atoms with van der Waals surface area (Å²) >= 11 is 0. The Morgan fingerprint density at radius 2 is 2.14 bits per heavy atom. The van der Waals surface area contributed by atoms with E-state index in [4.69, 9.17) is 5.73 Å². The Morgan fingerprint density at radius 1 is 1.43 bits per heavy atom. The lowest BCUT2D eigenvalue weighted by Crippen LogP contribution is -2.38. The number of nitrogens with zero attached hydrogens (tertiary/aromatic N) is 2. The molecular formula is C9H13N3OS. The fourth-order valence-electron chi connectivity index (χ4n) is 1.52. The van der Waals surface area contributed by atoms with Crippen molar-refractivity contribution in [3.8, 4) is 0 Å². The van der Waals surface area contributed by atoms with Crippen LogP contribution in [0.4, 0.5) is 11.5 Å². The number of hydrogen-bond donors (Lipinski definition) is 1. The van der Waals surface area contributed by atoms with E-state index in [1.807, 2.05) is 12.1 Å². The summed E-state index contributed by atoms with van der Waals surface area (Å²) in [7, 11) is -0.652. The molecule has 1 aliphatic rings. The van der Waals surface area contributed by atoms with Crippen molar-refractivity contribution in [2.24, 2.45) is 0 Å². The summed E-state index contributed by atoms with van der Waals surface area (Å²) in [6, 6.07) is 3.66. The first-order valence-corrected chi connectivity index (χ1v) is 6.06. The van der Waals surface area contributed by atoms with E-state index in [9.17, 15) is 4.21 Å². The van der Waals surface area contributed by atoms with E-state index in [0.29, 0.717) is 5.69 Å². The lowest BCUT2D eigenvalue weighted by molar-refractivity contribution is 0.672. The first-order chi connectivity index (χ1) is 6.77. The molecule has 5 heteroatoms. The van der Waals surface area contributed by atoms with Crippen molar-refractivity contribution in [3.63, 3.8) is 0 Å². The van der Waals surface area contributed by atoms with Crippen molar-refractivity contribution in [3.05, 3.63) is 18.3 Å². The van der Waals surface area contributed by atoms with Crippen molar-refractivity contribution >= 4 is 22.3 Å². The van der Waals surface area contributed by atoms with Crippen LogP contribution in [0.3, 0.4) is 0 Å². The smallest absolute Gasteiger partial charge is 0.151 e. The van der Waals surface area contributed by atoms with E-state index in [1.54, 1.807) is 6.20 Å². The van der Waals surface area contributed by atoms with Gasteiger partial charge in [-0.3, -0.25) is 4.21 Å². The summed E-state index contributed by atoms with van der Waals surface area (Å²) in [6.45, 7) is 1.57. The summed E-state index contributed by atoms with van der Waals surface area (Å²) in [5, 5.41) is 0. The van der Waals surface area contributed by atoms with Gasteiger partial charge in [0.05, 0.1) is 5.69 Å². The largest absolute Gasteiger partial charge is 0.396 e. The number of anilines is 2. The van der Waals surface area contributed by atoms with Gasteiger partial charge in [-0.1, -0.05) is 0 Å². The second-order valence-electron chi connectivity index (χ2n) is 3.25. The molecule has 0 aliphatic carbocycles. The monoisotopic (exact) mass is 211 g/mol. The van der Waals surface area contributed by atoms with Crippen LogP contribution in [-0.2, 0) is 10.8 Å². The molecule has 2 N–H and O–H groups in total. The van der Waals surface area contributed by atoms with Crippen LogP contribution in [0.1, 0.15) is 0 Å². The van der Waals surface area contributed by atoms with Crippen molar-refractivity contribution in [1.82, 2.24) is 4.98 Å². The molecule has 1 fully saturated rings. The van der Waals surface area contributed by atoms with E-state index >= 15 is 0 Å². The molecule has 1 aliphatic heterocycles. The van der Waals surface area contributed by atoms with Gasteiger partial charge in [-0.05, 0) is 12.1 Å². The van der Waals surface area contributed by atoms with Gasteiger partial charge in [-0.15, -0.1) is 0 Å². The van der Waals surface area contributed by atoms with Gasteiger partial charge in [-0.25, -0.2) is 4.98 Å². The molecule has 14 heavy (non-hydrogen) atoms. The zero-order valence-electron chi connectivity index (χ0n) is 7.85. The van der Waals surface area contributed by atoms with Crippen molar-refractivity contribution in [1.29, 1.82) is 0 Å². The van der Waals surface area contributed by atoms with E-state index in [1.165, 1.54) is 0 Å². The van der Waals surface area contributed by atoms with Crippen LogP contribution in [-0.4, -0.2) is 33.8 Å². The van der Waals surface area contributed by atoms with Crippen molar-refractivity contribution in [2.75, 3.05) is 35.2 Å². The molecule has 0 bridgehead atoms. The number of hydrogen-bond acceptors (Lipinski definition) is 4. The maximum atomic E-state index is 11.2. The lowest BCUT2D eigenvalue weighted by atomic mass is 10.3. The standard InChI is InChI=1S/C9H13N3OS/c10-8-2-1-3-11-9(8)12-4-6-14(13)7-5-12/h1-3H,4-7,10H2. The average Bonchev–Trinajstić information content (AvgIpc) is 2.20. The maximum Gasteiger partial charge on any atom is 0.151 e. The molecular weight excluding hydrogens is 198 g/mol. The van der Waals surface area contributed by atoms with Gasteiger partial charge >= 0.3 is 0 Å². The first-order valence-electron chi connectivity index (χ1n) is 4.58. The molecule has 0 atom stereocenters. The zero-order valence-corrected chi connectivity index (χ0v) is 8.67. The average molecular weight is 211 g/mol. The first kappa shape index (κ1) is 9.45. The number of rotatable bonds is 1. The minimum Gasteiger partial charge on any atom is -0.396 e. The molecule has 0 spiro atoms. The third-order valence-electron chi connectivity index (χ3n) is 2.29. The molecule has 0 saturated carbocycles. The van der Waals surface area contributed by atoms with Crippen LogP contribution in [0.25, 0.3) is 0 Å². The normalized spacial score (nSPS) is 18.4. The maximum absolute atomic E-state index is 11.2. The van der Waals surface area contributed by atoms with Gasteiger partial charge in [-0.2, -0.15) is 0 Å². The number of nitrogens with two attached hydrogens (primary N) is 1. The molecule has 0 aromatic carbocycles. The van der Waals surface area contributed by atoms with Gasteiger partial charge in [0.15, 0.2) is 5.82 Å². The summed E-state index contributed by atoms with van der Waals surface area (Å²) in [5.74, 6) is 2.26. The number of aromatic nitrogens is 1. The second-order valence-corrected chi connectivity index (χ2v) is 4.95. The minimum atomic E-state index is -0.652. The summed E-state index contributed by atoms with van der Waals surface area (Å²) < 4.78 is 11.2. The third kappa shape index (κ3) is 1.87. The summed E-state index contributed by atoms with van der Waals surface area (Å²) in [5.41, 5.74) is 6.50. The predicted molar refractivity (Wildman–Crippen MR) is 58.7 cm³/mol. The van der Waals surface area contributed by atoms with E-state index in [2.05, 4.69) is 9.88 Å². The van der Waals surface area contributed by atoms with Gasteiger partial charge in [0.2, 0.25) is 0 Å². The number of nitrogen functional groups attached to an aromatic ring is 1. The summed E-state index contributed by atoms with van der Waals surface area (Å²) in [4.78, 5) is 6.32. The van der Waals surface area contributed by atoms with Crippen LogP contribution >= 0.6 is 0 Å². The topological polar surface area (TPSA) is 59.2 Å². The van der Waals surface area contributed by atoms with Crippen LogP contribution in [0, 0.1) is 0 Å². The Labute approximate surface area is 85.6 Å². The fraction of sp³-hybridized carbons (Fsp3) is 0.444. The van der Waals surface area contributed by atoms with Crippen LogP contribution in [0.15, 0.2) is 18.3 Å². The zero-order chi connectivity index (χ0) is 9.97. The quantitative estimate of drug-likeness (QED) is 0.722. The van der Waals surface area contributed by atoms with Gasteiger partial charge in [0.25, 0.3) is 0 Å². The second kappa shape index (κ2) is 3.96. The van der Waals surface area contributed by atoms with Gasteiger partial charge < -0.3 is 10.6 Å². The molecule has 0 unspecified atom stereocenters. The Kier molecular flexibility index (Phi) is 2.67. The Hall–Kier alpha value is -1.10. The highest BCUT2D eigenvalue weighted by atomic mass is 32.2. The Morgan fingerprint density at radius 3 is 2.79 bits per heavy atom. The fourth-order valence-corrected chi connectivity index (χ4v) is 2.58.